The first-order chi connectivity index (χ1) is 9.27. The Morgan fingerprint density at radius 3 is 2.00 bits per heavy atom. The predicted molar refractivity (Wildman–Crippen MR) is 85.2 cm³/mol. The van der Waals surface area contributed by atoms with Crippen LogP contribution in [0.25, 0.3) is 0 Å². The van der Waals surface area contributed by atoms with Gasteiger partial charge in [-0.25, -0.2) is 4.39 Å². The molecule has 0 aliphatic heterocycles. The number of hydrogen-bond acceptors (Lipinski definition) is 1. The number of hydrogen-bond donors (Lipinski definition) is 1. The molecule has 0 bridgehead atoms. The lowest BCUT2D eigenvalue weighted by Crippen LogP contribution is -2.31. The van der Waals surface area contributed by atoms with Crippen molar-refractivity contribution in [2.75, 3.05) is 5.32 Å². The van der Waals surface area contributed by atoms with E-state index >= 15 is 0 Å². The molecule has 4 heteroatoms. The lowest BCUT2D eigenvalue weighted by molar-refractivity contribution is 0.173. The second kappa shape index (κ2) is 6.11. The SMILES string of the molecule is CC(C)(C)C1CCC(Nc2c(Cl)cc(F)cc2Cl)CC1. The molecule has 0 saturated heterocycles. The molecule has 0 spiro atoms. The summed E-state index contributed by atoms with van der Waals surface area (Å²) in [6, 6.07) is 2.97. The Morgan fingerprint density at radius 2 is 1.55 bits per heavy atom. The standard InChI is InChI=1S/C16H22Cl2FN/c1-16(2,3)10-4-6-12(7-5-10)20-15-13(17)8-11(19)9-14(15)18/h8-10,12,20H,4-7H2,1-3H3. The minimum atomic E-state index is -0.401. The quantitative estimate of drug-likeness (QED) is 0.689. The summed E-state index contributed by atoms with van der Waals surface area (Å²) in [6.45, 7) is 6.91. The highest BCUT2D eigenvalue weighted by Crippen LogP contribution is 2.40. The van der Waals surface area contributed by atoms with E-state index < -0.39 is 5.82 Å². The molecule has 0 aromatic heterocycles. The van der Waals surface area contributed by atoms with Crippen LogP contribution in [-0.4, -0.2) is 6.04 Å². The van der Waals surface area contributed by atoms with E-state index in [9.17, 15) is 4.39 Å². The van der Waals surface area contributed by atoms with E-state index in [-0.39, 0.29) is 0 Å². The first kappa shape index (κ1) is 15.9. The van der Waals surface area contributed by atoms with Gasteiger partial charge in [0.2, 0.25) is 0 Å². The van der Waals surface area contributed by atoms with Crippen molar-refractivity contribution in [2.45, 2.75) is 52.5 Å². The van der Waals surface area contributed by atoms with E-state index in [0.717, 1.165) is 18.8 Å². The van der Waals surface area contributed by atoms with Gasteiger partial charge in [-0.15, -0.1) is 0 Å². The van der Waals surface area contributed by atoms with Gasteiger partial charge in [0.25, 0.3) is 0 Å². The number of halogens is 3. The molecule has 1 N–H and O–H groups in total. The van der Waals surface area contributed by atoms with Crippen LogP contribution in [-0.2, 0) is 0 Å². The van der Waals surface area contributed by atoms with Crippen molar-refractivity contribution in [1.29, 1.82) is 0 Å². The van der Waals surface area contributed by atoms with Crippen LogP contribution in [0.2, 0.25) is 10.0 Å². The predicted octanol–water partition coefficient (Wildman–Crippen LogP) is 6.15. The third-order valence-corrected chi connectivity index (χ3v) is 4.90. The fraction of sp³-hybridized carbons (Fsp3) is 0.625. The third-order valence-electron chi connectivity index (χ3n) is 4.31. The third kappa shape index (κ3) is 3.79. The van der Waals surface area contributed by atoms with Crippen molar-refractivity contribution in [3.05, 3.63) is 28.0 Å². The largest absolute Gasteiger partial charge is 0.380 e. The van der Waals surface area contributed by atoms with Crippen molar-refractivity contribution in [1.82, 2.24) is 0 Å². The van der Waals surface area contributed by atoms with Crippen molar-refractivity contribution in [2.24, 2.45) is 11.3 Å². The molecule has 0 unspecified atom stereocenters. The maximum atomic E-state index is 13.2. The molecule has 112 valence electrons. The first-order valence-corrected chi connectivity index (χ1v) is 7.94. The van der Waals surface area contributed by atoms with Gasteiger partial charge in [0.05, 0.1) is 15.7 Å². The summed E-state index contributed by atoms with van der Waals surface area (Å²) in [5, 5.41) is 4.10. The highest BCUT2D eigenvalue weighted by molar-refractivity contribution is 6.39. The van der Waals surface area contributed by atoms with E-state index in [4.69, 9.17) is 23.2 Å². The topological polar surface area (TPSA) is 12.0 Å². The molecule has 1 fully saturated rings. The summed E-state index contributed by atoms with van der Waals surface area (Å²) in [5.74, 6) is 0.363. The summed E-state index contributed by atoms with van der Waals surface area (Å²) < 4.78 is 13.2. The molecule has 1 nitrogen and oxygen atoms in total. The Labute approximate surface area is 130 Å². The monoisotopic (exact) mass is 317 g/mol. The average molecular weight is 318 g/mol. The van der Waals surface area contributed by atoms with Crippen LogP contribution in [0, 0.1) is 17.2 Å². The van der Waals surface area contributed by atoms with E-state index in [2.05, 4.69) is 26.1 Å². The Balaban J connectivity index is 2.00. The van der Waals surface area contributed by atoms with Crippen molar-refractivity contribution >= 4 is 28.9 Å². The van der Waals surface area contributed by atoms with E-state index in [1.165, 1.54) is 25.0 Å². The maximum Gasteiger partial charge on any atom is 0.126 e. The van der Waals surface area contributed by atoms with Gasteiger partial charge in [-0.2, -0.15) is 0 Å². The van der Waals surface area contributed by atoms with Crippen LogP contribution in [0.5, 0.6) is 0 Å². The molecule has 2 rings (SSSR count). The maximum absolute atomic E-state index is 13.2. The zero-order valence-corrected chi connectivity index (χ0v) is 13.8. The summed E-state index contributed by atoms with van der Waals surface area (Å²) in [6.07, 6.45) is 4.62. The van der Waals surface area contributed by atoms with E-state index in [0.29, 0.717) is 27.2 Å². The number of nitrogens with one attached hydrogen (secondary N) is 1. The van der Waals surface area contributed by atoms with Gasteiger partial charge in [0.15, 0.2) is 0 Å². The fourth-order valence-corrected chi connectivity index (χ4v) is 3.56. The van der Waals surface area contributed by atoms with Crippen LogP contribution in [0.1, 0.15) is 46.5 Å². The molecule has 0 heterocycles. The summed E-state index contributed by atoms with van der Waals surface area (Å²) in [7, 11) is 0. The lowest BCUT2D eigenvalue weighted by atomic mass is 9.71. The van der Waals surface area contributed by atoms with Crippen molar-refractivity contribution in [3.8, 4) is 0 Å². The summed E-state index contributed by atoms with van der Waals surface area (Å²) >= 11 is 12.1. The van der Waals surface area contributed by atoms with Gasteiger partial charge in [-0.1, -0.05) is 44.0 Å². The van der Waals surface area contributed by atoms with E-state index in [1.54, 1.807) is 0 Å². The Kier molecular flexibility index (Phi) is 4.86. The average Bonchev–Trinajstić information content (AvgIpc) is 2.33. The van der Waals surface area contributed by atoms with Gasteiger partial charge in [-0.05, 0) is 49.1 Å². The minimum absolute atomic E-state index is 0.355. The number of rotatable bonds is 2. The first-order valence-electron chi connectivity index (χ1n) is 7.18. The van der Waals surface area contributed by atoms with Crippen LogP contribution >= 0.6 is 23.2 Å². The van der Waals surface area contributed by atoms with Crippen LogP contribution < -0.4 is 5.32 Å². The van der Waals surface area contributed by atoms with Gasteiger partial charge >= 0.3 is 0 Å². The zero-order valence-electron chi connectivity index (χ0n) is 12.3. The molecule has 1 aliphatic carbocycles. The zero-order chi connectivity index (χ0) is 14.9. The van der Waals surface area contributed by atoms with Gasteiger partial charge in [-0.3, -0.25) is 0 Å². The summed E-state index contributed by atoms with van der Waals surface area (Å²) in [5.41, 5.74) is 1.03. The lowest BCUT2D eigenvalue weighted by Gasteiger charge is -2.37. The molecule has 0 radical (unpaired) electrons. The molecule has 1 aliphatic rings. The molecule has 0 atom stereocenters. The highest BCUT2D eigenvalue weighted by atomic mass is 35.5. The smallest absolute Gasteiger partial charge is 0.126 e. The van der Waals surface area contributed by atoms with Crippen molar-refractivity contribution in [3.63, 3.8) is 0 Å². The van der Waals surface area contributed by atoms with Gasteiger partial charge in [0, 0.05) is 6.04 Å². The molecular formula is C16H22Cl2FN. The number of anilines is 1. The van der Waals surface area contributed by atoms with Gasteiger partial charge in [0.1, 0.15) is 5.82 Å². The van der Waals surface area contributed by atoms with Crippen LogP contribution in [0.3, 0.4) is 0 Å². The molecule has 1 aromatic rings. The second-order valence-electron chi connectivity index (χ2n) is 6.80. The van der Waals surface area contributed by atoms with Crippen LogP contribution in [0.4, 0.5) is 10.1 Å². The number of benzene rings is 1. The molecule has 1 aromatic carbocycles. The van der Waals surface area contributed by atoms with Crippen LogP contribution in [0.15, 0.2) is 12.1 Å². The minimum Gasteiger partial charge on any atom is -0.380 e. The molecule has 0 amide bonds. The fourth-order valence-electron chi connectivity index (χ4n) is 2.99. The Hall–Kier alpha value is -0.470. The van der Waals surface area contributed by atoms with Crippen molar-refractivity contribution < 1.29 is 4.39 Å². The molecule has 1 saturated carbocycles. The summed E-state index contributed by atoms with van der Waals surface area (Å²) in [4.78, 5) is 0. The Morgan fingerprint density at radius 1 is 1.05 bits per heavy atom. The molecular weight excluding hydrogens is 296 g/mol. The Bertz CT molecular complexity index is 451. The molecule has 20 heavy (non-hydrogen) atoms. The van der Waals surface area contributed by atoms with Gasteiger partial charge < -0.3 is 5.32 Å². The second-order valence-corrected chi connectivity index (χ2v) is 7.62. The van der Waals surface area contributed by atoms with E-state index in [1.807, 2.05) is 0 Å². The normalized spacial score (nSPS) is 23.7. The highest BCUT2D eigenvalue weighted by Gasteiger charge is 2.30.